The lowest BCUT2D eigenvalue weighted by Gasteiger charge is -2.18. The number of pyridine rings is 2. The third-order valence-corrected chi connectivity index (χ3v) is 7.98. The zero-order chi connectivity index (χ0) is 31.5. The van der Waals surface area contributed by atoms with Crippen molar-refractivity contribution in [2.75, 3.05) is 5.32 Å². The molecule has 2 N–H and O–H groups in total. The summed E-state index contributed by atoms with van der Waals surface area (Å²) in [4.78, 5) is 39.5. The van der Waals surface area contributed by atoms with Crippen molar-refractivity contribution in [2.24, 2.45) is 0 Å². The van der Waals surface area contributed by atoms with Crippen molar-refractivity contribution in [3.8, 4) is 0 Å². The molecule has 7 rings (SSSR count). The molecule has 1 amide bonds. The van der Waals surface area contributed by atoms with Gasteiger partial charge in [0.15, 0.2) is 11.3 Å². The van der Waals surface area contributed by atoms with Crippen LogP contribution in [-0.4, -0.2) is 41.1 Å². The zero-order valence-corrected chi connectivity index (χ0v) is 23.2. The molecular formula is C32H22F4N6O3. The maximum Gasteiger partial charge on any atom is 0.416 e. The molecule has 0 saturated heterocycles. The fourth-order valence-electron chi connectivity index (χ4n) is 6.01. The molecule has 0 bridgehead atoms. The SMILES string of the molecule is O=C(O)c1nccc(C2CCn3c2nc2cccnc23)c1NC(=O)c1cc2cc(C(F)(F)F)ccc2n1Cc1cccc(F)c1. The number of alkyl halides is 3. The number of nitrogens with one attached hydrogen (secondary N) is 1. The first-order valence-corrected chi connectivity index (χ1v) is 13.9. The molecule has 9 nitrogen and oxygen atoms in total. The lowest BCUT2D eigenvalue weighted by Crippen LogP contribution is -2.21. The second-order valence-corrected chi connectivity index (χ2v) is 10.7. The number of hydrogen-bond donors (Lipinski definition) is 2. The van der Waals surface area contributed by atoms with E-state index >= 15 is 0 Å². The normalized spacial score (nSPS) is 14.6. The van der Waals surface area contributed by atoms with Crippen LogP contribution < -0.4 is 5.32 Å². The molecule has 0 saturated carbocycles. The van der Waals surface area contributed by atoms with Crippen LogP contribution >= 0.6 is 0 Å². The van der Waals surface area contributed by atoms with E-state index < -0.39 is 41.0 Å². The molecule has 0 fully saturated rings. The minimum absolute atomic E-state index is 0.0410. The fourth-order valence-corrected chi connectivity index (χ4v) is 6.01. The van der Waals surface area contributed by atoms with E-state index in [1.807, 2.05) is 10.6 Å². The number of amides is 1. The molecule has 0 radical (unpaired) electrons. The molecule has 226 valence electrons. The summed E-state index contributed by atoms with van der Waals surface area (Å²) in [6.07, 6.45) is -1.06. The number of halogens is 4. The molecule has 0 spiro atoms. The van der Waals surface area contributed by atoms with E-state index in [1.165, 1.54) is 41.1 Å². The van der Waals surface area contributed by atoms with E-state index in [9.17, 15) is 32.3 Å². The number of carboxylic acids is 1. The maximum atomic E-state index is 14.0. The van der Waals surface area contributed by atoms with E-state index in [0.717, 1.165) is 12.1 Å². The van der Waals surface area contributed by atoms with Crippen LogP contribution in [0.4, 0.5) is 23.2 Å². The van der Waals surface area contributed by atoms with Gasteiger partial charge in [-0.05, 0) is 72.1 Å². The van der Waals surface area contributed by atoms with Gasteiger partial charge in [-0.2, -0.15) is 13.2 Å². The van der Waals surface area contributed by atoms with Gasteiger partial charge in [0, 0.05) is 42.3 Å². The Morgan fingerprint density at radius 3 is 2.62 bits per heavy atom. The molecule has 5 heterocycles. The minimum atomic E-state index is -4.62. The van der Waals surface area contributed by atoms with Gasteiger partial charge in [0.2, 0.25) is 0 Å². The number of carbonyl (C=O) groups is 2. The van der Waals surface area contributed by atoms with Gasteiger partial charge in [0.1, 0.15) is 22.9 Å². The number of imidazole rings is 1. The molecule has 1 unspecified atom stereocenters. The van der Waals surface area contributed by atoms with Crippen molar-refractivity contribution in [1.29, 1.82) is 0 Å². The fraction of sp³-hybridized carbons (Fsp3) is 0.156. The van der Waals surface area contributed by atoms with Crippen LogP contribution in [-0.2, 0) is 19.3 Å². The molecule has 4 aromatic heterocycles. The Morgan fingerprint density at radius 1 is 1.00 bits per heavy atom. The summed E-state index contributed by atoms with van der Waals surface area (Å²) < 4.78 is 58.1. The van der Waals surface area contributed by atoms with E-state index in [0.29, 0.717) is 46.6 Å². The first kappa shape index (κ1) is 28.2. The summed E-state index contributed by atoms with van der Waals surface area (Å²) >= 11 is 0. The number of fused-ring (bicyclic) bond motifs is 4. The van der Waals surface area contributed by atoms with Crippen molar-refractivity contribution in [2.45, 2.75) is 31.6 Å². The summed E-state index contributed by atoms with van der Waals surface area (Å²) in [5.41, 5.74) is 1.20. The summed E-state index contributed by atoms with van der Waals surface area (Å²) in [7, 11) is 0. The highest BCUT2D eigenvalue weighted by molar-refractivity contribution is 6.09. The predicted octanol–water partition coefficient (Wildman–Crippen LogP) is 6.47. The van der Waals surface area contributed by atoms with Crippen molar-refractivity contribution in [3.63, 3.8) is 0 Å². The Bertz CT molecular complexity index is 2150. The van der Waals surface area contributed by atoms with Crippen LogP contribution in [0, 0.1) is 5.82 Å². The summed E-state index contributed by atoms with van der Waals surface area (Å²) in [6, 6.07) is 15.2. The molecule has 13 heteroatoms. The first-order valence-electron chi connectivity index (χ1n) is 13.9. The van der Waals surface area contributed by atoms with Crippen LogP contribution in [0.1, 0.15) is 55.8 Å². The van der Waals surface area contributed by atoms with Gasteiger partial charge in [0.25, 0.3) is 5.91 Å². The Kier molecular flexibility index (Phi) is 6.61. The molecule has 6 aromatic rings. The molecule has 2 aromatic carbocycles. The monoisotopic (exact) mass is 614 g/mol. The van der Waals surface area contributed by atoms with Crippen LogP contribution in [0.25, 0.3) is 22.1 Å². The zero-order valence-electron chi connectivity index (χ0n) is 23.2. The Labute approximate surface area is 251 Å². The van der Waals surface area contributed by atoms with Crippen LogP contribution in [0.15, 0.2) is 79.1 Å². The number of aromatic nitrogens is 5. The number of rotatable bonds is 6. The number of anilines is 1. The largest absolute Gasteiger partial charge is 0.476 e. The van der Waals surface area contributed by atoms with Crippen LogP contribution in [0.3, 0.4) is 0 Å². The highest BCUT2D eigenvalue weighted by Gasteiger charge is 2.34. The average Bonchev–Trinajstić information content (AvgIpc) is 3.69. The molecule has 45 heavy (non-hydrogen) atoms. The van der Waals surface area contributed by atoms with Crippen molar-refractivity contribution in [1.82, 2.24) is 24.1 Å². The van der Waals surface area contributed by atoms with Crippen molar-refractivity contribution >= 4 is 39.6 Å². The lowest BCUT2D eigenvalue weighted by atomic mass is 9.95. The van der Waals surface area contributed by atoms with Gasteiger partial charge in [-0.25, -0.2) is 24.1 Å². The molecule has 1 atom stereocenters. The smallest absolute Gasteiger partial charge is 0.416 e. The topological polar surface area (TPSA) is 115 Å². The third-order valence-electron chi connectivity index (χ3n) is 7.98. The Balaban J connectivity index is 1.33. The molecular weight excluding hydrogens is 592 g/mol. The maximum absolute atomic E-state index is 14.0. The first-order chi connectivity index (χ1) is 21.6. The summed E-state index contributed by atoms with van der Waals surface area (Å²) in [6.45, 7) is 0.524. The lowest BCUT2D eigenvalue weighted by molar-refractivity contribution is -0.137. The van der Waals surface area contributed by atoms with Gasteiger partial charge < -0.3 is 19.6 Å². The van der Waals surface area contributed by atoms with E-state index in [2.05, 4.69) is 15.3 Å². The van der Waals surface area contributed by atoms with Crippen LogP contribution in [0.2, 0.25) is 0 Å². The summed E-state index contributed by atoms with van der Waals surface area (Å²) in [5.74, 6) is -2.42. The quantitative estimate of drug-likeness (QED) is 0.208. The van der Waals surface area contributed by atoms with Gasteiger partial charge in [0.05, 0.1) is 11.3 Å². The van der Waals surface area contributed by atoms with Gasteiger partial charge >= 0.3 is 12.1 Å². The average molecular weight is 615 g/mol. The number of carboxylic acid groups (broad SMARTS) is 1. The standard InChI is InChI=1S/C32H22F4N6O3/c33-20-4-1-3-17(13-20)16-42-24-7-6-19(32(34,35)36)14-18(24)15-25(42)30(43)40-26-21(8-11-37-27(26)31(44)45)22-9-12-41-28(22)39-23-5-2-10-38-29(23)41/h1-8,10-11,13-15,22H,9,12,16H2,(H,40,43)(H,44,45). The van der Waals surface area contributed by atoms with Gasteiger partial charge in [-0.3, -0.25) is 4.79 Å². The Morgan fingerprint density at radius 2 is 1.84 bits per heavy atom. The highest BCUT2D eigenvalue weighted by atomic mass is 19.4. The molecule has 1 aliphatic rings. The number of aromatic carboxylic acids is 1. The molecule has 1 aliphatic heterocycles. The number of benzene rings is 2. The number of nitrogens with zero attached hydrogens (tertiary/aromatic N) is 5. The van der Waals surface area contributed by atoms with Crippen LogP contribution in [0.5, 0.6) is 0 Å². The van der Waals surface area contributed by atoms with E-state index in [1.54, 1.807) is 24.4 Å². The second-order valence-electron chi connectivity index (χ2n) is 10.7. The Hall–Kier alpha value is -5.59. The van der Waals surface area contributed by atoms with Gasteiger partial charge in [-0.1, -0.05) is 12.1 Å². The van der Waals surface area contributed by atoms with E-state index in [-0.39, 0.29) is 23.3 Å². The number of hydrogen-bond acceptors (Lipinski definition) is 5. The van der Waals surface area contributed by atoms with E-state index in [4.69, 9.17) is 4.98 Å². The van der Waals surface area contributed by atoms with Crippen molar-refractivity contribution < 1.29 is 32.3 Å². The summed E-state index contributed by atoms with van der Waals surface area (Å²) in [5, 5.41) is 12.9. The highest BCUT2D eigenvalue weighted by Crippen LogP contribution is 2.40. The second kappa shape index (κ2) is 10.5. The minimum Gasteiger partial charge on any atom is -0.476 e. The number of carbonyl (C=O) groups excluding carboxylic acids is 1. The predicted molar refractivity (Wildman–Crippen MR) is 156 cm³/mol. The number of aryl methyl sites for hydroxylation is 1. The molecule has 0 aliphatic carbocycles. The van der Waals surface area contributed by atoms with Gasteiger partial charge in [-0.15, -0.1) is 0 Å². The third kappa shape index (κ3) is 4.95. The van der Waals surface area contributed by atoms with Crippen molar-refractivity contribution in [3.05, 3.63) is 119 Å².